The molecule has 0 saturated carbocycles. The average molecular weight is 335 g/mol. The van der Waals surface area contributed by atoms with Crippen molar-refractivity contribution < 1.29 is 14.3 Å². The number of hydrogen-bond donors (Lipinski definition) is 2. The summed E-state index contributed by atoms with van der Waals surface area (Å²) in [5.74, 6) is 0.797. The predicted molar refractivity (Wildman–Crippen MR) is 96.3 cm³/mol. The summed E-state index contributed by atoms with van der Waals surface area (Å²) < 4.78 is 5.61. The number of rotatable bonds is 11. The summed E-state index contributed by atoms with van der Waals surface area (Å²) in [5.41, 5.74) is 0.776. The monoisotopic (exact) mass is 335 g/mol. The van der Waals surface area contributed by atoms with Crippen LogP contribution in [-0.4, -0.2) is 50.5 Å². The Kier molecular flexibility index (Phi) is 9.53. The molecule has 1 aromatic carbocycles. The first-order valence-electron chi connectivity index (χ1n) is 8.39. The van der Waals surface area contributed by atoms with E-state index < -0.39 is 0 Å². The minimum atomic E-state index is -0.0121. The second-order valence-corrected chi connectivity index (χ2v) is 6.02. The summed E-state index contributed by atoms with van der Waals surface area (Å²) in [7, 11) is 4.00. The van der Waals surface area contributed by atoms with Crippen molar-refractivity contribution in [3.05, 3.63) is 24.3 Å². The van der Waals surface area contributed by atoms with Gasteiger partial charge in [0, 0.05) is 32.1 Å². The number of anilines is 1. The molecule has 0 heterocycles. The Bertz CT molecular complexity index is 501. The molecule has 0 aromatic heterocycles. The van der Waals surface area contributed by atoms with Crippen molar-refractivity contribution in [3.8, 4) is 5.75 Å². The van der Waals surface area contributed by atoms with Gasteiger partial charge in [-0.25, -0.2) is 0 Å². The molecule has 0 aliphatic rings. The summed E-state index contributed by atoms with van der Waals surface area (Å²) in [6.07, 6.45) is 3.12. The molecule has 0 atom stereocenters. The fraction of sp³-hybridized carbons (Fsp3) is 0.556. The van der Waals surface area contributed by atoms with E-state index in [4.69, 9.17) is 4.74 Å². The first-order chi connectivity index (χ1) is 11.5. The molecule has 0 aliphatic heterocycles. The number of carbonyl (C=O) groups is 2. The van der Waals surface area contributed by atoms with Gasteiger partial charge in [0.25, 0.3) is 0 Å². The highest BCUT2D eigenvalue weighted by atomic mass is 16.5. The molecule has 0 spiro atoms. The Labute approximate surface area is 144 Å². The molecular weight excluding hydrogens is 306 g/mol. The van der Waals surface area contributed by atoms with Gasteiger partial charge in [-0.3, -0.25) is 9.59 Å². The second-order valence-electron chi connectivity index (χ2n) is 6.02. The SMILES string of the molecule is CC(=O)NCCCCCC(=O)Nc1ccc(OCCN(C)C)cc1. The van der Waals surface area contributed by atoms with E-state index in [2.05, 4.69) is 15.5 Å². The van der Waals surface area contributed by atoms with Gasteiger partial charge in [0.05, 0.1) is 0 Å². The molecule has 2 amide bonds. The van der Waals surface area contributed by atoms with E-state index in [0.29, 0.717) is 19.6 Å². The second kappa shape index (κ2) is 11.5. The lowest BCUT2D eigenvalue weighted by atomic mass is 10.2. The molecule has 0 fully saturated rings. The van der Waals surface area contributed by atoms with E-state index in [1.54, 1.807) is 0 Å². The van der Waals surface area contributed by atoms with Gasteiger partial charge in [0.2, 0.25) is 11.8 Å². The predicted octanol–water partition coefficient (Wildman–Crippen LogP) is 2.26. The molecule has 6 nitrogen and oxygen atoms in total. The van der Waals surface area contributed by atoms with E-state index in [-0.39, 0.29) is 11.8 Å². The van der Waals surface area contributed by atoms with Crippen molar-refractivity contribution in [3.63, 3.8) is 0 Å². The van der Waals surface area contributed by atoms with Crippen LogP contribution in [0.1, 0.15) is 32.6 Å². The lowest BCUT2D eigenvalue weighted by molar-refractivity contribution is -0.119. The standard InChI is InChI=1S/C18H29N3O3/c1-15(22)19-12-6-4-5-7-18(23)20-16-8-10-17(11-9-16)24-14-13-21(2)3/h8-11H,4-7,12-14H2,1-3H3,(H,19,22)(H,20,23). The van der Waals surface area contributed by atoms with E-state index in [0.717, 1.165) is 37.2 Å². The summed E-state index contributed by atoms with van der Waals surface area (Å²) in [6, 6.07) is 7.41. The zero-order valence-electron chi connectivity index (χ0n) is 14.9. The highest BCUT2D eigenvalue weighted by Crippen LogP contribution is 2.16. The highest BCUT2D eigenvalue weighted by molar-refractivity contribution is 5.90. The van der Waals surface area contributed by atoms with Crippen LogP contribution in [0.3, 0.4) is 0 Å². The Hall–Kier alpha value is -2.08. The van der Waals surface area contributed by atoms with Crippen LogP contribution >= 0.6 is 0 Å². The van der Waals surface area contributed by atoms with Crippen molar-refractivity contribution in [1.29, 1.82) is 0 Å². The molecule has 0 radical (unpaired) electrons. The number of nitrogens with zero attached hydrogens (tertiary/aromatic N) is 1. The van der Waals surface area contributed by atoms with E-state index >= 15 is 0 Å². The van der Waals surface area contributed by atoms with Crippen molar-refractivity contribution >= 4 is 17.5 Å². The van der Waals surface area contributed by atoms with Gasteiger partial charge in [-0.15, -0.1) is 0 Å². The number of benzene rings is 1. The number of hydrogen-bond acceptors (Lipinski definition) is 4. The van der Waals surface area contributed by atoms with Gasteiger partial charge in [0.15, 0.2) is 0 Å². The molecular formula is C18H29N3O3. The number of nitrogens with one attached hydrogen (secondary N) is 2. The van der Waals surface area contributed by atoms with Crippen molar-refractivity contribution in [2.75, 3.05) is 39.1 Å². The van der Waals surface area contributed by atoms with Crippen molar-refractivity contribution in [1.82, 2.24) is 10.2 Å². The molecule has 134 valence electrons. The molecule has 1 aromatic rings. The minimum absolute atomic E-state index is 0.0100. The Balaban J connectivity index is 2.18. The summed E-state index contributed by atoms with van der Waals surface area (Å²) in [4.78, 5) is 24.6. The van der Waals surface area contributed by atoms with Crippen LogP contribution in [0.5, 0.6) is 5.75 Å². The van der Waals surface area contributed by atoms with E-state index in [9.17, 15) is 9.59 Å². The molecule has 2 N–H and O–H groups in total. The quantitative estimate of drug-likeness (QED) is 0.609. The highest BCUT2D eigenvalue weighted by Gasteiger charge is 2.03. The molecule has 0 aliphatic carbocycles. The fourth-order valence-electron chi connectivity index (χ4n) is 2.06. The number of ether oxygens (including phenoxy) is 1. The number of likely N-dealkylation sites (N-methyl/N-ethyl adjacent to an activating group) is 1. The molecule has 0 unspecified atom stereocenters. The first kappa shape index (κ1) is 20.0. The molecule has 0 bridgehead atoms. The van der Waals surface area contributed by atoms with Gasteiger partial charge < -0.3 is 20.3 Å². The maximum absolute atomic E-state index is 11.9. The van der Waals surface area contributed by atoms with Crippen LogP contribution in [0.4, 0.5) is 5.69 Å². The Morgan fingerprint density at radius 2 is 1.79 bits per heavy atom. The summed E-state index contributed by atoms with van der Waals surface area (Å²) in [5, 5.41) is 5.63. The van der Waals surface area contributed by atoms with Crippen molar-refractivity contribution in [2.45, 2.75) is 32.6 Å². The van der Waals surface area contributed by atoms with E-state index in [1.807, 2.05) is 38.4 Å². The Morgan fingerprint density at radius 3 is 2.42 bits per heavy atom. The molecule has 6 heteroatoms. The van der Waals surface area contributed by atoms with Crippen LogP contribution in [0, 0.1) is 0 Å². The first-order valence-corrected chi connectivity index (χ1v) is 8.39. The lowest BCUT2D eigenvalue weighted by Crippen LogP contribution is -2.20. The van der Waals surface area contributed by atoms with Crippen LogP contribution in [-0.2, 0) is 9.59 Å². The average Bonchev–Trinajstić information content (AvgIpc) is 2.52. The maximum atomic E-state index is 11.9. The van der Waals surface area contributed by atoms with Gasteiger partial charge in [-0.05, 0) is 51.2 Å². The number of amides is 2. The van der Waals surface area contributed by atoms with Crippen molar-refractivity contribution in [2.24, 2.45) is 0 Å². The van der Waals surface area contributed by atoms with Crippen LogP contribution in [0.2, 0.25) is 0 Å². The van der Waals surface area contributed by atoms with Gasteiger partial charge in [-0.2, -0.15) is 0 Å². The van der Waals surface area contributed by atoms with Crippen LogP contribution in [0.15, 0.2) is 24.3 Å². The number of unbranched alkanes of at least 4 members (excludes halogenated alkanes) is 2. The maximum Gasteiger partial charge on any atom is 0.224 e. The normalized spacial score (nSPS) is 10.5. The van der Waals surface area contributed by atoms with E-state index in [1.165, 1.54) is 6.92 Å². The zero-order chi connectivity index (χ0) is 17.8. The summed E-state index contributed by atoms with van der Waals surface area (Å²) in [6.45, 7) is 3.68. The lowest BCUT2D eigenvalue weighted by Gasteiger charge is -2.11. The third-order valence-corrected chi connectivity index (χ3v) is 3.40. The van der Waals surface area contributed by atoms with Crippen LogP contribution in [0.25, 0.3) is 0 Å². The summed E-state index contributed by atoms with van der Waals surface area (Å²) >= 11 is 0. The molecule has 1 rings (SSSR count). The third kappa shape index (κ3) is 9.84. The zero-order valence-corrected chi connectivity index (χ0v) is 14.9. The van der Waals surface area contributed by atoms with Gasteiger partial charge in [-0.1, -0.05) is 6.42 Å². The molecule has 0 saturated heterocycles. The van der Waals surface area contributed by atoms with Gasteiger partial charge >= 0.3 is 0 Å². The number of carbonyl (C=O) groups excluding carboxylic acids is 2. The van der Waals surface area contributed by atoms with Crippen LogP contribution < -0.4 is 15.4 Å². The van der Waals surface area contributed by atoms with Gasteiger partial charge in [0.1, 0.15) is 12.4 Å². The molecule has 24 heavy (non-hydrogen) atoms. The third-order valence-electron chi connectivity index (χ3n) is 3.40. The fourth-order valence-corrected chi connectivity index (χ4v) is 2.06. The Morgan fingerprint density at radius 1 is 1.08 bits per heavy atom. The largest absolute Gasteiger partial charge is 0.492 e. The minimum Gasteiger partial charge on any atom is -0.492 e. The smallest absolute Gasteiger partial charge is 0.224 e. The topological polar surface area (TPSA) is 70.7 Å².